The predicted molar refractivity (Wildman–Crippen MR) is 77.5 cm³/mol. The quantitative estimate of drug-likeness (QED) is 0.773. The maximum absolute atomic E-state index is 12.7. The van der Waals surface area contributed by atoms with Gasteiger partial charge in [-0.2, -0.15) is 13.2 Å². The number of halogens is 3. The Bertz CT molecular complexity index is 436. The number of alkyl halides is 3. The summed E-state index contributed by atoms with van der Waals surface area (Å²) < 4.78 is 38.1. The number of rotatable bonds is 8. The number of anilines is 2. The Morgan fingerprint density at radius 2 is 1.81 bits per heavy atom. The normalized spacial score (nSPS) is 11.8. The van der Waals surface area contributed by atoms with Crippen LogP contribution in [0, 0.1) is 0 Å². The van der Waals surface area contributed by atoms with Crippen molar-refractivity contribution in [2.75, 3.05) is 43.9 Å². The van der Waals surface area contributed by atoms with Crippen LogP contribution >= 0.6 is 0 Å². The smallest absolute Gasteiger partial charge is 0.373 e. The van der Waals surface area contributed by atoms with Crippen molar-refractivity contribution in [1.29, 1.82) is 0 Å². The van der Waals surface area contributed by atoms with Crippen LogP contribution in [-0.2, 0) is 6.18 Å². The van der Waals surface area contributed by atoms with E-state index in [0.29, 0.717) is 6.54 Å². The van der Waals surface area contributed by atoms with Crippen LogP contribution in [0.4, 0.5) is 24.8 Å². The lowest BCUT2D eigenvalue weighted by molar-refractivity contribution is -0.144. The first-order valence-electron chi connectivity index (χ1n) is 7.01. The molecule has 1 aromatic heterocycles. The second kappa shape index (κ2) is 8.02. The van der Waals surface area contributed by atoms with Crippen molar-refractivity contribution in [2.24, 2.45) is 0 Å². The third-order valence-electron chi connectivity index (χ3n) is 2.96. The molecule has 21 heavy (non-hydrogen) atoms. The third kappa shape index (κ3) is 5.74. The molecule has 0 saturated carbocycles. The molecule has 8 heteroatoms. The van der Waals surface area contributed by atoms with Gasteiger partial charge in [-0.25, -0.2) is 9.97 Å². The molecular weight excluding hydrogens is 283 g/mol. The van der Waals surface area contributed by atoms with Crippen LogP contribution in [0.25, 0.3) is 0 Å². The third-order valence-corrected chi connectivity index (χ3v) is 2.96. The largest absolute Gasteiger partial charge is 0.451 e. The summed E-state index contributed by atoms with van der Waals surface area (Å²) in [5.74, 6) is -0.826. The molecule has 0 aliphatic carbocycles. The van der Waals surface area contributed by atoms with Crippen molar-refractivity contribution in [2.45, 2.75) is 26.4 Å². The summed E-state index contributed by atoms with van der Waals surface area (Å²) in [7, 11) is 1.52. The standard InChI is InChI=1S/C13H22F3N5/c1-4-7-21(5-2)8-6-18-11-9-10(17-3)19-12(20-11)13(14,15)16/h9H,4-8H2,1-3H3,(H2,17,18,19,20). The average Bonchev–Trinajstić information content (AvgIpc) is 2.45. The number of nitrogens with zero attached hydrogens (tertiary/aromatic N) is 3. The minimum absolute atomic E-state index is 0.140. The zero-order valence-corrected chi connectivity index (χ0v) is 12.6. The van der Waals surface area contributed by atoms with Gasteiger partial charge in [0.25, 0.3) is 0 Å². The first-order chi connectivity index (χ1) is 9.90. The summed E-state index contributed by atoms with van der Waals surface area (Å²) in [5.41, 5.74) is 0. The lowest BCUT2D eigenvalue weighted by Gasteiger charge is -2.20. The molecule has 120 valence electrons. The zero-order chi connectivity index (χ0) is 15.9. The van der Waals surface area contributed by atoms with Crippen molar-refractivity contribution in [3.8, 4) is 0 Å². The van der Waals surface area contributed by atoms with Crippen molar-refractivity contribution in [3.63, 3.8) is 0 Å². The maximum atomic E-state index is 12.7. The van der Waals surface area contributed by atoms with E-state index in [9.17, 15) is 13.2 Å². The Morgan fingerprint density at radius 1 is 1.14 bits per heavy atom. The van der Waals surface area contributed by atoms with E-state index in [1.807, 2.05) is 0 Å². The first kappa shape index (κ1) is 17.5. The average molecular weight is 305 g/mol. The van der Waals surface area contributed by atoms with Gasteiger partial charge in [0.2, 0.25) is 5.82 Å². The van der Waals surface area contributed by atoms with Crippen LogP contribution in [0.3, 0.4) is 0 Å². The topological polar surface area (TPSA) is 53.1 Å². The Hall–Kier alpha value is -1.57. The molecule has 5 nitrogen and oxygen atoms in total. The molecule has 0 aliphatic heterocycles. The molecule has 1 rings (SSSR count). The number of likely N-dealkylation sites (N-methyl/N-ethyl adjacent to an activating group) is 1. The van der Waals surface area contributed by atoms with Gasteiger partial charge in [-0.3, -0.25) is 0 Å². The van der Waals surface area contributed by atoms with Gasteiger partial charge >= 0.3 is 6.18 Å². The fourth-order valence-electron chi connectivity index (χ4n) is 1.88. The van der Waals surface area contributed by atoms with E-state index in [0.717, 1.165) is 26.1 Å². The molecule has 0 saturated heterocycles. The summed E-state index contributed by atoms with van der Waals surface area (Å²) in [5, 5.41) is 5.53. The molecule has 0 atom stereocenters. The van der Waals surface area contributed by atoms with Crippen LogP contribution in [0.1, 0.15) is 26.1 Å². The van der Waals surface area contributed by atoms with E-state index >= 15 is 0 Å². The monoisotopic (exact) mass is 305 g/mol. The molecule has 0 spiro atoms. The highest BCUT2D eigenvalue weighted by atomic mass is 19.4. The Morgan fingerprint density at radius 3 is 2.33 bits per heavy atom. The number of aromatic nitrogens is 2. The van der Waals surface area contributed by atoms with Crippen molar-refractivity contribution >= 4 is 11.6 Å². The van der Waals surface area contributed by atoms with Crippen LogP contribution in [0.2, 0.25) is 0 Å². The van der Waals surface area contributed by atoms with Crippen LogP contribution in [-0.4, -0.2) is 48.1 Å². The van der Waals surface area contributed by atoms with Crippen LogP contribution < -0.4 is 10.6 Å². The lowest BCUT2D eigenvalue weighted by atomic mass is 10.4. The molecule has 0 unspecified atom stereocenters. The fourth-order valence-corrected chi connectivity index (χ4v) is 1.88. The number of nitrogens with one attached hydrogen (secondary N) is 2. The Balaban J connectivity index is 2.70. The predicted octanol–water partition coefficient (Wildman–Crippen LogP) is 2.68. The van der Waals surface area contributed by atoms with Crippen molar-refractivity contribution in [1.82, 2.24) is 14.9 Å². The van der Waals surface area contributed by atoms with Crippen LogP contribution in [0.15, 0.2) is 6.07 Å². The van der Waals surface area contributed by atoms with E-state index < -0.39 is 12.0 Å². The molecule has 0 aromatic carbocycles. The van der Waals surface area contributed by atoms with Gasteiger partial charge in [0.05, 0.1) is 0 Å². The minimum atomic E-state index is -4.55. The molecular formula is C13H22F3N5. The van der Waals surface area contributed by atoms with Gasteiger partial charge in [0, 0.05) is 26.2 Å². The maximum Gasteiger partial charge on any atom is 0.451 e. The SMILES string of the molecule is CCCN(CC)CCNc1cc(NC)nc(C(F)(F)F)n1. The molecule has 0 aliphatic rings. The van der Waals surface area contributed by atoms with E-state index in [2.05, 4.69) is 39.3 Å². The molecule has 0 bridgehead atoms. The molecule has 0 fully saturated rings. The van der Waals surface area contributed by atoms with Gasteiger partial charge in [0.1, 0.15) is 11.6 Å². The van der Waals surface area contributed by atoms with E-state index in [-0.39, 0.29) is 11.6 Å². The molecule has 1 aromatic rings. The Labute approximate surface area is 123 Å². The molecule has 1 heterocycles. The zero-order valence-electron chi connectivity index (χ0n) is 12.6. The summed E-state index contributed by atoms with van der Waals surface area (Å²) >= 11 is 0. The van der Waals surface area contributed by atoms with E-state index in [4.69, 9.17) is 0 Å². The number of hydrogen-bond acceptors (Lipinski definition) is 5. The highest BCUT2D eigenvalue weighted by Crippen LogP contribution is 2.28. The van der Waals surface area contributed by atoms with Crippen LogP contribution in [0.5, 0.6) is 0 Å². The van der Waals surface area contributed by atoms with Crippen molar-refractivity contribution < 1.29 is 13.2 Å². The van der Waals surface area contributed by atoms with E-state index in [1.165, 1.54) is 13.1 Å². The summed E-state index contributed by atoms with van der Waals surface area (Å²) in [6.07, 6.45) is -3.51. The van der Waals surface area contributed by atoms with Gasteiger partial charge in [-0.1, -0.05) is 13.8 Å². The van der Waals surface area contributed by atoms with E-state index in [1.54, 1.807) is 0 Å². The molecule has 0 amide bonds. The first-order valence-corrected chi connectivity index (χ1v) is 7.01. The highest BCUT2D eigenvalue weighted by molar-refractivity contribution is 5.47. The summed E-state index contributed by atoms with van der Waals surface area (Å²) in [6.45, 7) is 7.32. The highest BCUT2D eigenvalue weighted by Gasteiger charge is 2.35. The van der Waals surface area contributed by atoms with Crippen molar-refractivity contribution in [3.05, 3.63) is 11.9 Å². The summed E-state index contributed by atoms with van der Waals surface area (Å²) in [4.78, 5) is 9.15. The van der Waals surface area contributed by atoms with Gasteiger partial charge in [-0.15, -0.1) is 0 Å². The Kier molecular flexibility index (Phi) is 6.67. The fraction of sp³-hybridized carbons (Fsp3) is 0.692. The number of hydrogen-bond donors (Lipinski definition) is 2. The van der Waals surface area contributed by atoms with Gasteiger partial charge in [-0.05, 0) is 19.5 Å². The summed E-state index contributed by atoms with van der Waals surface area (Å²) in [6, 6.07) is 1.46. The van der Waals surface area contributed by atoms with Gasteiger partial charge < -0.3 is 15.5 Å². The second-order valence-electron chi connectivity index (χ2n) is 4.57. The molecule has 2 N–H and O–H groups in total. The second-order valence-corrected chi connectivity index (χ2v) is 4.57. The minimum Gasteiger partial charge on any atom is -0.373 e. The molecule has 0 radical (unpaired) electrons. The lowest BCUT2D eigenvalue weighted by Crippen LogP contribution is -2.30. The van der Waals surface area contributed by atoms with Gasteiger partial charge in [0.15, 0.2) is 0 Å².